The topological polar surface area (TPSA) is 41.1 Å². The molecule has 2 N–H and O–H groups in total. The molecule has 0 aromatic heterocycles. The summed E-state index contributed by atoms with van der Waals surface area (Å²) >= 11 is 0. The average molecular weight is 274 g/mol. The van der Waals surface area contributed by atoms with Crippen molar-refractivity contribution in [2.75, 3.05) is 13.1 Å². The third kappa shape index (κ3) is 4.07. The van der Waals surface area contributed by atoms with E-state index in [9.17, 15) is 4.79 Å². The standard InChI is InChI=1S/C17H26N2O/c1-13-5-7-14(8-6-13)11-16(20)19-12-15-17(2,3)9-4-10-18-15/h5-8,15,18H,4,9-12H2,1-3H3,(H,19,20). The van der Waals surface area contributed by atoms with Crippen molar-refractivity contribution in [1.29, 1.82) is 0 Å². The minimum absolute atomic E-state index is 0.108. The lowest BCUT2D eigenvalue weighted by Gasteiger charge is -2.39. The number of amides is 1. The third-order valence-corrected chi connectivity index (χ3v) is 4.32. The van der Waals surface area contributed by atoms with Gasteiger partial charge in [-0.05, 0) is 37.3 Å². The average Bonchev–Trinajstić information content (AvgIpc) is 2.40. The van der Waals surface area contributed by atoms with Crippen molar-refractivity contribution in [2.45, 2.75) is 46.1 Å². The van der Waals surface area contributed by atoms with Crippen LogP contribution in [-0.4, -0.2) is 25.0 Å². The second-order valence-corrected chi connectivity index (χ2v) is 6.57. The molecule has 1 aromatic rings. The molecule has 0 saturated carbocycles. The first-order valence-electron chi connectivity index (χ1n) is 7.53. The molecular formula is C17H26N2O. The molecule has 1 saturated heterocycles. The van der Waals surface area contributed by atoms with Gasteiger partial charge in [0.15, 0.2) is 0 Å². The molecule has 110 valence electrons. The van der Waals surface area contributed by atoms with Crippen molar-refractivity contribution in [3.63, 3.8) is 0 Å². The maximum Gasteiger partial charge on any atom is 0.224 e. The lowest BCUT2D eigenvalue weighted by Crippen LogP contribution is -2.52. The van der Waals surface area contributed by atoms with Gasteiger partial charge in [0, 0.05) is 12.6 Å². The van der Waals surface area contributed by atoms with Gasteiger partial charge in [0.05, 0.1) is 6.42 Å². The van der Waals surface area contributed by atoms with E-state index in [0.29, 0.717) is 12.5 Å². The summed E-state index contributed by atoms with van der Waals surface area (Å²) < 4.78 is 0. The van der Waals surface area contributed by atoms with Crippen LogP contribution >= 0.6 is 0 Å². The minimum atomic E-state index is 0.108. The maximum absolute atomic E-state index is 12.0. The molecule has 1 aliphatic rings. The highest BCUT2D eigenvalue weighted by molar-refractivity contribution is 5.78. The van der Waals surface area contributed by atoms with Crippen LogP contribution in [0.15, 0.2) is 24.3 Å². The summed E-state index contributed by atoms with van der Waals surface area (Å²) in [6.07, 6.45) is 2.91. The van der Waals surface area contributed by atoms with Gasteiger partial charge in [0.25, 0.3) is 0 Å². The fourth-order valence-electron chi connectivity index (χ4n) is 2.79. The highest BCUT2D eigenvalue weighted by Crippen LogP contribution is 2.29. The van der Waals surface area contributed by atoms with Crippen LogP contribution in [0.4, 0.5) is 0 Å². The molecule has 3 heteroatoms. The van der Waals surface area contributed by atoms with Crippen molar-refractivity contribution in [3.05, 3.63) is 35.4 Å². The largest absolute Gasteiger partial charge is 0.354 e. The molecule has 2 rings (SSSR count). The maximum atomic E-state index is 12.0. The molecule has 0 spiro atoms. The van der Waals surface area contributed by atoms with E-state index in [2.05, 4.69) is 43.5 Å². The normalized spacial score (nSPS) is 21.4. The lowest BCUT2D eigenvalue weighted by atomic mass is 9.77. The van der Waals surface area contributed by atoms with E-state index >= 15 is 0 Å². The molecule has 1 heterocycles. The number of carbonyl (C=O) groups is 1. The molecular weight excluding hydrogens is 248 g/mol. The summed E-state index contributed by atoms with van der Waals surface area (Å²) in [5.74, 6) is 0.108. The molecule has 1 aromatic carbocycles. The van der Waals surface area contributed by atoms with E-state index < -0.39 is 0 Å². The number of nitrogens with one attached hydrogen (secondary N) is 2. The van der Waals surface area contributed by atoms with Gasteiger partial charge in [-0.15, -0.1) is 0 Å². The number of hydrogen-bond donors (Lipinski definition) is 2. The van der Waals surface area contributed by atoms with Crippen LogP contribution < -0.4 is 10.6 Å². The van der Waals surface area contributed by atoms with Gasteiger partial charge in [-0.1, -0.05) is 43.7 Å². The van der Waals surface area contributed by atoms with Gasteiger partial charge in [0.1, 0.15) is 0 Å². The number of carbonyl (C=O) groups excluding carboxylic acids is 1. The zero-order valence-electron chi connectivity index (χ0n) is 12.8. The van der Waals surface area contributed by atoms with Crippen LogP contribution in [-0.2, 0) is 11.2 Å². The van der Waals surface area contributed by atoms with Crippen molar-refractivity contribution in [2.24, 2.45) is 5.41 Å². The van der Waals surface area contributed by atoms with E-state index in [0.717, 1.165) is 18.7 Å². The quantitative estimate of drug-likeness (QED) is 0.885. The second-order valence-electron chi connectivity index (χ2n) is 6.57. The summed E-state index contributed by atoms with van der Waals surface area (Å²) in [6.45, 7) is 8.38. The predicted molar refractivity (Wildman–Crippen MR) is 82.7 cm³/mol. The Labute approximate surface area is 122 Å². The highest BCUT2D eigenvalue weighted by atomic mass is 16.1. The molecule has 1 unspecified atom stereocenters. The first-order valence-corrected chi connectivity index (χ1v) is 7.53. The predicted octanol–water partition coefficient (Wildman–Crippen LogP) is 2.43. The molecule has 1 amide bonds. The Morgan fingerprint density at radius 1 is 1.35 bits per heavy atom. The molecule has 0 radical (unpaired) electrons. The fraction of sp³-hybridized carbons (Fsp3) is 0.588. The van der Waals surface area contributed by atoms with E-state index in [-0.39, 0.29) is 11.3 Å². The Morgan fingerprint density at radius 3 is 2.70 bits per heavy atom. The zero-order valence-corrected chi connectivity index (χ0v) is 12.8. The molecule has 1 atom stereocenters. The highest BCUT2D eigenvalue weighted by Gasteiger charge is 2.31. The summed E-state index contributed by atoms with van der Waals surface area (Å²) in [4.78, 5) is 12.0. The smallest absolute Gasteiger partial charge is 0.224 e. The lowest BCUT2D eigenvalue weighted by molar-refractivity contribution is -0.120. The summed E-state index contributed by atoms with van der Waals surface area (Å²) in [7, 11) is 0. The van der Waals surface area contributed by atoms with E-state index in [1.54, 1.807) is 0 Å². The molecule has 0 bridgehead atoms. The Morgan fingerprint density at radius 2 is 2.05 bits per heavy atom. The first kappa shape index (κ1) is 15.0. The van der Waals surface area contributed by atoms with Crippen molar-refractivity contribution in [1.82, 2.24) is 10.6 Å². The number of rotatable bonds is 4. The summed E-state index contributed by atoms with van der Waals surface area (Å²) in [6, 6.07) is 8.52. The van der Waals surface area contributed by atoms with Gasteiger partial charge >= 0.3 is 0 Å². The minimum Gasteiger partial charge on any atom is -0.354 e. The number of hydrogen-bond acceptors (Lipinski definition) is 2. The Kier molecular flexibility index (Phi) is 4.81. The van der Waals surface area contributed by atoms with Crippen molar-refractivity contribution < 1.29 is 4.79 Å². The SMILES string of the molecule is Cc1ccc(CC(=O)NCC2NCCCC2(C)C)cc1. The van der Waals surface area contributed by atoms with E-state index in [1.165, 1.54) is 18.4 Å². The van der Waals surface area contributed by atoms with Gasteiger partial charge in [-0.2, -0.15) is 0 Å². The summed E-state index contributed by atoms with van der Waals surface area (Å²) in [5.41, 5.74) is 2.56. The van der Waals surface area contributed by atoms with Crippen LogP contribution in [0.3, 0.4) is 0 Å². The van der Waals surface area contributed by atoms with Crippen LogP contribution in [0, 0.1) is 12.3 Å². The van der Waals surface area contributed by atoms with E-state index in [1.807, 2.05) is 12.1 Å². The van der Waals surface area contributed by atoms with Gasteiger partial charge in [-0.3, -0.25) is 4.79 Å². The Hall–Kier alpha value is -1.35. The number of piperidine rings is 1. The molecule has 0 aliphatic carbocycles. The first-order chi connectivity index (χ1) is 9.47. The molecule has 1 aliphatic heterocycles. The van der Waals surface area contributed by atoms with E-state index in [4.69, 9.17) is 0 Å². The Bertz CT molecular complexity index is 451. The molecule has 1 fully saturated rings. The van der Waals surface area contributed by atoms with Crippen molar-refractivity contribution in [3.8, 4) is 0 Å². The van der Waals surface area contributed by atoms with Gasteiger partial charge < -0.3 is 10.6 Å². The fourth-order valence-corrected chi connectivity index (χ4v) is 2.79. The zero-order chi connectivity index (χ0) is 14.6. The number of benzene rings is 1. The molecule has 20 heavy (non-hydrogen) atoms. The second kappa shape index (κ2) is 6.40. The molecule has 3 nitrogen and oxygen atoms in total. The third-order valence-electron chi connectivity index (χ3n) is 4.32. The van der Waals surface area contributed by atoms with Crippen LogP contribution in [0.5, 0.6) is 0 Å². The summed E-state index contributed by atoms with van der Waals surface area (Å²) in [5, 5.41) is 6.59. The monoisotopic (exact) mass is 274 g/mol. The van der Waals surface area contributed by atoms with Crippen LogP contribution in [0.1, 0.15) is 37.8 Å². The van der Waals surface area contributed by atoms with Crippen LogP contribution in [0.25, 0.3) is 0 Å². The van der Waals surface area contributed by atoms with Gasteiger partial charge in [0.2, 0.25) is 5.91 Å². The Balaban J connectivity index is 1.81. The van der Waals surface area contributed by atoms with Gasteiger partial charge in [-0.25, -0.2) is 0 Å². The van der Waals surface area contributed by atoms with Crippen molar-refractivity contribution >= 4 is 5.91 Å². The number of aryl methyl sites for hydroxylation is 1. The van der Waals surface area contributed by atoms with Crippen LogP contribution in [0.2, 0.25) is 0 Å².